The van der Waals surface area contributed by atoms with E-state index in [1.165, 1.54) is 0 Å². The van der Waals surface area contributed by atoms with Gasteiger partial charge in [-0.15, -0.1) is 0 Å². The van der Waals surface area contributed by atoms with Crippen molar-refractivity contribution in [2.75, 3.05) is 12.3 Å². The first kappa shape index (κ1) is 20.0. The van der Waals surface area contributed by atoms with Crippen molar-refractivity contribution in [3.8, 4) is 16.9 Å². The van der Waals surface area contributed by atoms with E-state index in [1.807, 2.05) is 6.92 Å². The highest BCUT2D eigenvalue weighted by atomic mass is 16.5. The molecule has 0 unspecified atom stereocenters. The van der Waals surface area contributed by atoms with Crippen LogP contribution in [0.5, 0.6) is 5.75 Å². The molecule has 0 atom stereocenters. The number of hydrogen-bond acceptors (Lipinski definition) is 5. The Morgan fingerprint density at radius 3 is 2.15 bits per heavy atom. The summed E-state index contributed by atoms with van der Waals surface area (Å²) in [5, 5.41) is 19.0. The number of aryl methyl sites for hydroxylation is 2. The lowest BCUT2D eigenvalue weighted by Crippen LogP contribution is -2.24. The largest absolute Gasteiger partial charge is 0.493 e. The maximum absolute atomic E-state index is 12.1. The molecule has 0 spiro atoms. The van der Waals surface area contributed by atoms with Crippen LogP contribution in [-0.2, 0) is 0 Å². The number of carboxylic acids is 2. The number of aromatic nitrogens is 1. The molecular formula is C19H22N2O6. The van der Waals surface area contributed by atoms with Crippen LogP contribution in [0.15, 0.2) is 16.9 Å². The van der Waals surface area contributed by atoms with E-state index in [4.69, 9.17) is 10.5 Å². The number of nitrogen functional groups attached to an aromatic ring is 1. The lowest BCUT2D eigenvalue weighted by atomic mass is 9.92. The summed E-state index contributed by atoms with van der Waals surface area (Å²) in [6.07, 6.45) is 1.86. The molecule has 1 aromatic carbocycles. The van der Waals surface area contributed by atoms with Gasteiger partial charge in [0.25, 0.3) is 5.56 Å². The average Bonchev–Trinajstić information content (AvgIpc) is 2.55. The number of carboxylic acid groups (broad SMARTS) is 2. The number of unbranched alkanes of at least 4 members (excludes halogenated alkanes) is 1. The second-order valence-electron chi connectivity index (χ2n) is 6.24. The normalized spacial score (nSPS) is 10.6. The van der Waals surface area contributed by atoms with Crippen LogP contribution < -0.4 is 16.0 Å². The Bertz CT molecular complexity index is 938. The van der Waals surface area contributed by atoms with E-state index in [0.717, 1.165) is 12.8 Å². The highest BCUT2D eigenvalue weighted by Gasteiger charge is 2.27. The Morgan fingerprint density at radius 1 is 1.11 bits per heavy atom. The molecule has 27 heavy (non-hydrogen) atoms. The van der Waals surface area contributed by atoms with Crippen molar-refractivity contribution < 1.29 is 24.5 Å². The zero-order valence-corrected chi connectivity index (χ0v) is 15.4. The fourth-order valence-electron chi connectivity index (χ4n) is 2.98. The molecule has 0 radical (unpaired) electrons. The first-order valence-corrected chi connectivity index (χ1v) is 8.45. The highest BCUT2D eigenvalue weighted by molar-refractivity contribution is 6.07. The molecule has 0 fully saturated rings. The van der Waals surface area contributed by atoms with E-state index < -0.39 is 34.4 Å². The summed E-state index contributed by atoms with van der Waals surface area (Å²) in [4.78, 5) is 37.5. The van der Waals surface area contributed by atoms with E-state index in [-0.39, 0.29) is 11.1 Å². The number of rotatable bonds is 7. The van der Waals surface area contributed by atoms with Gasteiger partial charge >= 0.3 is 11.9 Å². The molecule has 0 saturated heterocycles. The number of carbonyl (C=O) groups is 2. The number of H-pyrrole nitrogens is 1. The zero-order valence-electron chi connectivity index (χ0n) is 15.4. The SMILES string of the molecule is CCCCOc1c(C)cc(-c2c(C(=O)O)c(N)[nH]c(=O)c2C(=O)O)cc1C. The quantitative estimate of drug-likeness (QED) is 0.546. The molecule has 8 nitrogen and oxygen atoms in total. The lowest BCUT2D eigenvalue weighted by molar-refractivity contribution is 0.0695. The number of ether oxygens (including phenoxy) is 1. The molecule has 0 bridgehead atoms. The predicted octanol–water partition coefficient (Wildman–Crippen LogP) is 2.82. The van der Waals surface area contributed by atoms with Crippen LogP contribution in [0.4, 0.5) is 5.82 Å². The number of hydrogen-bond donors (Lipinski definition) is 4. The van der Waals surface area contributed by atoms with Crippen molar-refractivity contribution in [2.45, 2.75) is 33.6 Å². The molecule has 0 aliphatic rings. The molecule has 0 aliphatic carbocycles. The van der Waals surface area contributed by atoms with Crippen LogP contribution in [0.25, 0.3) is 11.1 Å². The molecular weight excluding hydrogens is 352 g/mol. The first-order valence-electron chi connectivity index (χ1n) is 8.45. The number of anilines is 1. The van der Waals surface area contributed by atoms with Gasteiger partial charge in [-0.1, -0.05) is 13.3 Å². The van der Waals surface area contributed by atoms with Crippen LogP contribution in [0, 0.1) is 13.8 Å². The third kappa shape index (κ3) is 3.94. The maximum Gasteiger partial charge on any atom is 0.342 e. The summed E-state index contributed by atoms with van der Waals surface area (Å²) in [5.74, 6) is -2.71. The van der Waals surface area contributed by atoms with Crippen molar-refractivity contribution >= 4 is 17.8 Å². The number of nitrogens with two attached hydrogens (primary N) is 1. The number of benzene rings is 1. The molecule has 0 aliphatic heterocycles. The fraction of sp³-hybridized carbons (Fsp3) is 0.316. The first-order chi connectivity index (χ1) is 12.7. The van der Waals surface area contributed by atoms with Crippen LogP contribution in [0.2, 0.25) is 0 Å². The maximum atomic E-state index is 12.1. The molecule has 2 aromatic rings. The molecule has 0 saturated carbocycles. The fourth-order valence-corrected chi connectivity index (χ4v) is 2.98. The van der Waals surface area contributed by atoms with Gasteiger partial charge in [-0.05, 0) is 49.1 Å². The summed E-state index contributed by atoms with van der Waals surface area (Å²) < 4.78 is 5.78. The van der Waals surface area contributed by atoms with Gasteiger partial charge in [-0.2, -0.15) is 0 Å². The summed E-state index contributed by atoms with van der Waals surface area (Å²) in [5.41, 5.74) is 5.04. The second kappa shape index (κ2) is 7.94. The molecule has 2 rings (SSSR count). The standard InChI is InChI=1S/C19H22N2O6/c1-4-5-6-27-15-9(2)7-11(8-10(15)3)12-13(18(23)24)16(20)21-17(22)14(12)19(25)26/h7-8H,4-6H2,1-3H3,(H,23,24)(H,25,26)(H3,20,21,22). The number of nitrogens with one attached hydrogen (secondary N) is 1. The van der Waals surface area contributed by atoms with Crippen LogP contribution in [0.1, 0.15) is 51.6 Å². The summed E-state index contributed by atoms with van der Waals surface area (Å²) in [6.45, 7) is 6.13. The van der Waals surface area contributed by atoms with Crippen molar-refractivity contribution in [1.29, 1.82) is 0 Å². The predicted molar refractivity (Wildman–Crippen MR) is 101 cm³/mol. The van der Waals surface area contributed by atoms with Gasteiger partial charge < -0.3 is 25.7 Å². The Labute approximate surface area is 155 Å². The minimum atomic E-state index is -1.53. The summed E-state index contributed by atoms with van der Waals surface area (Å²) in [6, 6.07) is 3.20. The van der Waals surface area contributed by atoms with Crippen LogP contribution in [-0.4, -0.2) is 33.7 Å². The Balaban J connectivity index is 2.76. The highest BCUT2D eigenvalue weighted by Crippen LogP contribution is 2.34. The molecule has 0 amide bonds. The van der Waals surface area contributed by atoms with E-state index in [1.54, 1.807) is 26.0 Å². The van der Waals surface area contributed by atoms with Crippen molar-refractivity contribution in [3.05, 3.63) is 44.7 Å². The Hall–Kier alpha value is -3.29. The smallest absolute Gasteiger partial charge is 0.342 e. The third-order valence-electron chi connectivity index (χ3n) is 4.17. The van der Waals surface area contributed by atoms with Gasteiger partial charge in [0, 0.05) is 5.56 Å². The molecule has 1 aromatic heterocycles. The molecule has 144 valence electrons. The summed E-state index contributed by atoms with van der Waals surface area (Å²) in [7, 11) is 0. The Morgan fingerprint density at radius 2 is 1.67 bits per heavy atom. The van der Waals surface area contributed by atoms with Gasteiger partial charge in [0.15, 0.2) is 0 Å². The molecule has 5 N–H and O–H groups in total. The number of pyridine rings is 1. The van der Waals surface area contributed by atoms with E-state index in [0.29, 0.717) is 23.5 Å². The second-order valence-corrected chi connectivity index (χ2v) is 6.24. The van der Waals surface area contributed by atoms with Crippen molar-refractivity contribution in [3.63, 3.8) is 0 Å². The molecule has 8 heteroatoms. The summed E-state index contributed by atoms with van der Waals surface area (Å²) >= 11 is 0. The lowest BCUT2D eigenvalue weighted by Gasteiger charge is -2.17. The monoisotopic (exact) mass is 374 g/mol. The Kier molecular flexibility index (Phi) is 5.89. The minimum absolute atomic E-state index is 0.220. The van der Waals surface area contributed by atoms with E-state index in [2.05, 4.69) is 4.98 Å². The number of aromatic carboxylic acids is 2. The molecule has 1 heterocycles. The van der Waals surface area contributed by atoms with E-state index in [9.17, 15) is 24.6 Å². The number of aromatic amines is 1. The van der Waals surface area contributed by atoms with Crippen molar-refractivity contribution in [1.82, 2.24) is 4.98 Å². The third-order valence-corrected chi connectivity index (χ3v) is 4.17. The zero-order chi connectivity index (χ0) is 20.3. The average molecular weight is 374 g/mol. The van der Waals surface area contributed by atoms with Crippen LogP contribution >= 0.6 is 0 Å². The van der Waals surface area contributed by atoms with Crippen molar-refractivity contribution in [2.24, 2.45) is 0 Å². The van der Waals surface area contributed by atoms with E-state index >= 15 is 0 Å². The topological polar surface area (TPSA) is 143 Å². The minimum Gasteiger partial charge on any atom is -0.493 e. The van der Waals surface area contributed by atoms with Gasteiger partial charge in [0.05, 0.1) is 6.61 Å². The van der Waals surface area contributed by atoms with Crippen LogP contribution in [0.3, 0.4) is 0 Å². The van der Waals surface area contributed by atoms with Gasteiger partial charge in [0.1, 0.15) is 22.7 Å². The van der Waals surface area contributed by atoms with Gasteiger partial charge in [-0.3, -0.25) is 4.79 Å². The van der Waals surface area contributed by atoms with Gasteiger partial charge in [-0.25, -0.2) is 9.59 Å². The van der Waals surface area contributed by atoms with Gasteiger partial charge in [0.2, 0.25) is 0 Å².